The number of aromatic nitrogens is 1. The lowest BCUT2D eigenvalue weighted by Gasteiger charge is -2.08. The van der Waals surface area contributed by atoms with Crippen LogP contribution in [0.25, 0.3) is 21.9 Å². The summed E-state index contributed by atoms with van der Waals surface area (Å²) in [5.74, 6) is 0. The molecule has 1 aromatic heterocycles. The smallest absolute Gasteiger partial charge is 0.0349 e. The number of hydrogen-bond acceptors (Lipinski definition) is 1. The fourth-order valence-corrected chi connectivity index (χ4v) is 2.36. The Bertz CT molecular complexity index is 714. The van der Waals surface area contributed by atoms with Gasteiger partial charge in [0.05, 0.1) is 0 Å². The van der Waals surface area contributed by atoms with Crippen LogP contribution in [0.3, 0.4) is 0 Å². The summed E-state index contributed by atoms with van der Waals surface area (Å²) in [4.78, 5) is 4.22. The second-order valence-corrected chi connectivity index (χ2v) is 4.70. The zero-order valence-electron chi connectivity index (χ0n) is 10.6. The lowest BCUT2D eigenvalue weighted by Crippen LogP contribution is -1.86. The zero-order valence-corrected chi connectivity index (χ0v) is 10.6. The van der Waals surface area contributed by atoms with Crippen LogP contribution in [-0.4, -0.2) is 4.98 Å². The summed E-state index contributed by atoms with van der Waals surface area (Å²) in [7, 11) is 0. The first kappa shape index (κ1) is 11.0. The van der Waals surface area contributed by atoms with Crippen molar-refractivity contribution in [3.63, 3.8) is 0 Å². The number of aryl methyl sites for hydroxylation is 2. The molecule has 1 heterocycles. The third kappa shape index (κ3) is 1.78. The summed E-state index contributed by atoms with van der Waals surface area (Å²) in [6, 6.07) is 15.1. The Morgan fingerprint density at radius 1 is 0.889 bits per heavy atom. The van der Waals surface area contributed by atoms with Crippen LogP contribution in [0.15, 0.2) is 54.9 Å². The SMILES string of the molecule is Cc1ccncc1-c1ccc2cccc(C)c2c1. The highest BCUT2D eigenvalue weighted by Crippen LogP contribution is 2.27. The van der Waals surface area contributed by atoms with E-state index in [0.717, 1.165) is 0 Å². The van der Waals surface area contributed by atoms with Gasteiger partial charge >= 0.3 is 0 Å². The molecule has 0 atom stereocenters. The molecule has 1 nitrogen and oxygen atoms in total. The van der Waals surface area contributed by atoms with Gasteiger partial charge in [0.15, 0.2) is 0 Å². The largest absolute Gasteiger partial charge is 0.264 e. The van der Waals surface area contributed by atoms with Crippen molar-refractivity contribution in [1.82, 2.24) is 4.98 Å². The van der Waals surface area contributed by atoms with Gasteiger partial charge in [0.1, 0.15) is 0 Å². The standard InChI is InChI=1S/C17H15N/c1-12-4-3-5-14-6-7-15(10-16(12)14)17-11-18-9-8-13(17)2/h3-11H,1-2H3. The molecule has 3 rings (SSSR count). The average Bonchev–Trinajstić information content (AvgIpc) is 2.40. The van der Waals surface area contributed by atoms with Crippen molar-refractivity contribution >= 4 is 10.8 Å². The van der Waals surface area contributed by atoms with Gasteiger partial charge in [-0.2, -0.15) is 0 Å². The molecule has 18 heavy (non-hydrogen) atoms. The molecule has 2 aromatic carbocycles. The molecule has 0 aliphatic heterocycles. The van der Waals surface area contributed by atoms with Crippen LogP contribution < -0.4 is 0 Å². The Morgan fingerprint density at radius 2 is 1.78 bits per heavy atom. The number of nitrogens with zero attached hydrogens (tertiary/aromatic N) is 1. The Kier molecular flexibility index (Phi) is 2.60. The van der Waals surface area contributed by atoms with Crippen LogP contribution in [-0.2, 0) is 0 Å². The van der Waals surface area contributed by atoms with E-state index in [1.54, 1.807) is 0 Å². The number of hydrogen-bond donors (Lipinski definition) is 0. The molecular formula is C17H15N. The summed E-state index contributed by atoms with van der Waals surface area (Å²) in [6.45, 7) is 4.28. The van der Waals surface area contributed by atoms with E-state index < -0.39 is 0 Å². The van der Waals surface area contributed by atoms with Crippen LogP contribution in [0, 0.1) is 13.8 Å². The molecule has 0 saturated heterocycles. The van der Waals surface area contributed by atoms with Crippen LogP contribution in [0.1, 0.15) is 11.1 Å². The molecule has 3 aromatic rings. The van der Waals surface area contributed by atoms with E-state index in [1.165, 1.54) is 33.0 Å². The van der Waals surface area contributed by atoms with Gasteiger partial charge in [-0.15, -0.1) is 0 Å². The molecule has 0 bridgehead atoms. The molecule has 0 aliphatic carbocycles. The molecule has 0 saturated carbocycles. The maximum atomic E-state index is 4.22. The lowest BCUT2D eigenvalue weighted by molar-refractivity contribution is 1.29. The molecule has 0 unspecified atom stereocenters. The van der Waals surface area contributed by atoms with Crippen molar-refractivity contribution in [3.05, 3.63) is 66.0 Å². The van der Waals surface area contributed by atoms with Gasteiger partial charge in [-0.05, 0) is 53.4 Å². The lowest BCUT2D eigenvalue weighted by atomic mass is 9.97. The minimum absolute atomic E-state index is 1.21. The van der Waals surface area contributed by atoms with E-state index in [1.807, 2.05) is 12.4 Å². The fraction of sp³-hybridized carbons (Fsp3) is 0.118. The summed E-state index contributed by atoms with van der Waals surface area (Å²) < 4.78 is 0. The summed E-state index contributed by atoms with van der Waals surface area (Å²) in [6.07, 6.45) is 3.78. The molecule has 0 amide bonds. The van der Waals surface area contributed by atoms with Gasteiger partial charge < -0.3 is 0 Å². The predicted octanol–water partition coefficient (Wildman–Crippen LogP) is 4.52. The van der Waals surface area contributed by atoms with E-state index in [0.29, 0.717) is 0 Å². The van der Waals surface area contributed by atoms with Gasteiger partial charge in [0.2, 0.25) is 0 Å². The molecular weight excluding hydrogens is 218 g/mol. The summed E-state index contributed by atoms with van der Waals surface area (Å²) in [5.41, 5.74) is 5.03. The van der Waals surface area contributed by atoms with Gasteiger partial charge in [-0.25, -0.2) is 0 Å². The first-order valence-corrected chi connectivity index (χ1v) is 6.16. The summed E-state index contributed by atoms with van der Waals surface area (Å²) in [5, 5.41) is 2.61. The molecule has 0 N–H and O–H groups in total. The zero-order chi connectivity index (χ0) is 12.5. The van der Waals surface area contributed by atoms with Crippen molar-refractivity contribution in [2.45, 2.75) is 13.8 Å². The van der Waals surface area contributed by atoms with Gasteiger partial charge in [-0.1, -0.05) is 30.3 Å². The predicted molar refractivity (Wildman–Crippen MR) is 76.7 cm³/mol. The second kappa shape index (κ2) is 4.26. The topological polar surface area (TPSA) is 12.9 Å². The monoisotopic (exact) mass is 233 g/mol. The maximum Gasteiger partial charge on any atom is 0.0349 e. The maximum absolute atomic E-state index is 4.22. The first-order valence-electron chi connectivity index (χ1n) is 6.16. The van der Waals surface area contributed by atoms with Crippen LogP contribution in [0.2, 0.25) is 0 Å². The quantitative estimate of drug-likeness (QED) is 0.602. The molecule has 88 valence electrons. The summed E-state index contributed by atoms with van der Waals surface area (Å²) >= 11 is 0. The minimum atomic E-state index is 1.21. The molecule has 0 aliphatic rings. The minimum Gasteiger partial charge on any atom is -0.264 e. The highest BCUT2D eigenvalue weighted by atomic mass is 14.6. The Morgan fingerprint density at radius 3 is 2.61 bits per heavy atom. The van der Waals surface area contributed by atoms with E-state index in [9.17, 15) is 0 Å². The number of benzene rings is 2. The van der Waals surface area contributed by atoms with E-state index in [4.69, 9.17) is 0 Å². The Hall–Kier alpha value is -2.15. The highest BCUT2D eigenvalue weighted by Gasteiger charge is 2.04. The Labute approximate surface area is 107 Å². The van der Waals surface area contributed by atoms with Crippen LogP contribution in [0.5, 0.6) is 0 Å². The van der Waals surface area contributed by atoms with Crippen molar-refractivity contribution in [2.24, 2.45) is 0 Å². The van der Waals surface area contributed by atoms with Gasteiger partial charge in [0, 0.05) is 18.0 Å². The second-order valence-electron chi connectivity index (χ2n) is 4.70. The van der Waals surface area contributed by atoms with Crippen molar-refractivity contribution in [1.29, 1.82) is 0 Å². The van der Waals surface area contributed by atoms with E-state index >= 15 is 0 Å². The number of rotatable bonds is 1. The first-order chi connectivity index (χ1) is 8.75. The average molecular weight is 233 g/mol. The van der Waals surface area contributed by atoms with Gasteiger partial charge in [-0.3, -0.25) is 4.98 Å². The molecule has 0 fully saturated rings. The normalized spacial score (nSPS) is 10.8. The highest BCUT2D eigenvalue weighted by molar-refractivity contribution is 5.90. The van der Waals surface area contributed by atoms with Crippen molar-refractivity contribution < 1.29 is 0 Å². The third-order valence-electron chi connectivity index (χ3n) is 3.45. The van der Waals surface area contributed by atoms with Crippen molar-refractivity contribution in [2.75, 3.05) is 0 Å². The number of fused-ring (bicyclic) bond motifs is 1. The Balaban J connectivity index is 2.26. The molecule has 0 radical (unpaired) electrons. The van der Waals surface area contributed by atoms with Crippen LogP contribution >= 0.6 is 0 Å². The van der Waals surface area contributed by atoms with Gasteiger partial charge in [0.25, 0.3) is 0 Å². The van der Waals surface area contributed by atoms with Crippen molar-refractivity contribution in [3.8, 4) is 11.1 Å². The number of pyridine rings is 1. The van der Waals surface area contributed by atoms with E-state index in [-0.39, 0.29) is 0 Å². The fourth-order valence-electron chi connectivity index (χ4n) is 2.36. The third-order valence-corrected chi connectivity index (χ3v) is 3.45. The van der Waals surface area contributed by atoms with Crippen LogP contribution in [0.4, 0.5) is 0 Å². The molecule has 0 spiro atoms. The van der Waals surface area contributed by atoms with E-state index in [2.05, 4.69) is 61.3 Å². The molecule has 1 heteroatoms.